The van der Waals surface area contributed by atoms with E-state index in [0.29, 0.717) is 37.8 Å². The number of aldehydes is 1. The van der Waals surface area contributed by atoms with E-state index < -0.39 is 10.8 Å². The van der Waals surface area contributed by atoms with Gasteiger partial charge in [0, 0.05) is 11.3 Å². The number of carbonyl (C=O) groups excluding carboxylic acids is 1. The molecule has 0 N–H and O–H groups in total. The fourth-order valence-electron chi connectivity index (χ4n) is 4.26. The van der Waals surface area contributed by atoms with E-state index in [1.165, 1.54) is 0 Å². The first-order valence-corrected chi connectivity index (χ1v) is 14.3. The molecule has 0 radical (unpaired) electrons. The Morgan fingerprint density at radius 3 is 2.38 bits per heavy atom. The van der Waals surface area contributed by atoms with Crippen LogP contribution in [0.15, 0.2) is 82.2 Å². The highest BCUT2D eigenvalue weighted by atomic mass is 35.5. The summed E-state index contributed by atoms with van der Waals surface area (Å²) < 4.78 is 24.9. The standard InChI is InChI=1S/C30H24Cl2N2O4S/c1-18(2)29-24(28(34-38-29)17-39(36)30-25(31)4-3-5-26(30)32)16-37-23-11-7-19(8-12-23)20-9-13-27-21(14-20)6-10-22(15-35)33-27/h3-15,18H,16-17H2,1-2H3. The van der Waals surface area contributed by atoms with Crippen molar-refractivity contribution in [2.45, 2.75) is 37.0 Å². The van der Waals surface area contributed by atoms with E-state index in [-0.39, 0.29) is 18.3 Å². The summed E-state index contributed by atoms with van der Waals surface area (Å²) in [6.45, 7) is 4.21. The average molecular weight is 580 g/mol. The Morgan fingerprint density at radius 1 is 0.974 bits per heavy atom. The minimum Gasteiger partial charge on any atom is -0.489 e. The Morgan fingerprint density at radius 2 is 1.69 bits per heavy atom. The minimum atomic E-state index is -1.52. The van der Waals surface area contributed by atoms with Gasteiger partial charge in [-0.2, -0.15) is 0 Å². The highest BCUT2D eigenvalue weighted by Gasteiger charge is 2.23. The normalized spacial score (nSPS) is 12.1. The molecule has 0 aliphatic carbocycles. The van der Waals surface area contributed by atoms with Crippen molar-refractivity contribution in [3.8, 4) is 16.9 Å². The zero-order chi connectivity index (χ0) is 27.5. The highest BCUT2D eigenvalue weighted by molar-refractivity contribution is 7.84. The maximum Gasteiger partial charge on any atom is 0.168 e. The Kier molecular flexibility index (Phi) is 8.12. The highest BCUT2D eigenvalue weighted by Crippen LogP contribution is 2.32. The largest absolute Gasteiger partial charge is 0.489 e. The van der Waals surface area contributed by atoms with Crippen molar-refractivity contribution < 1.29 is 18.3 Å². The van der Waals surface area contributed by atoms with E-state index >= 15 is 0 Å². The van der Waals surface area contributed by atoms with E-state index in [1.54, 1.807) is 24.3 Å². The predicted molar refractivity (Wildman–Crippen MR) is 154 cm³/mol. The molecule has 0 fully saturated rings. The molecular formula is C30H24Cl2N2O4S. The SMILES string of the molecule is CC(C)c1onc(CS(=O)c2c(Cl)cccc2Cl)c1COc1ccc(-c2ccc3nc(C=O)ccc3c2)cc1. The number of carbonyl (C=O) groups is 1. The van der Waals surface area contributed by atoms with Crippen LogP contribution in [0, 0.1) is 0 Å². The van der Waals surface area contributed by atoms with E-state index in [0.717, 1.165) is 33.9 Å². The van der Waals surface area contributed by atoms with Crippen molar-refractivity contribution in [2.75, 3.05) is 0 Å². The number of benzene rings is 3. The van der Waals surface area contributed by atoms with Crippen LogP contribution in [-0.2, 0) is 23.2 Å². The Labute approximate surface area is 238 Å². The smallest absolute Gasteiger partial charge is 0.168 e. The number of hydrogen-bond donors (Lipinski definition) is 0. The number of pyridine rings is 1. The Balaban J connectivity index is 1.33. The van der Waals surface area contributed by atoms with Crippen LogP contribution >= 0.6 is 23.2 Å². The number of nitrogens with zero attached hydrogens (tertiary/aromatic N) is 2. The Hall–Kier alpha value is -3.52. The van der Waals surface area contributed by atoms with Crippen LogP contribution in [0.4, 0.5) is 0 Å². The van der Waals surface area contributed by atoms with Gasteiger partial charge in [0.05, 0.1) is 42.6 Å². The van der Waals surface area contributed by atoms with Gasteiger partial charge in [-0.05, 0) is 53.6 Å². The lowest BCUT2D eigenvalue weighted by atomic mass is 10.0. The van der Waals surface area contributed by atoms with Gasteiger partial charge >= 0.3 is 0 Å². The molecule has 3 aromatic carbocycles. The molecule has 2 heterocycles. The maximum atomic E-state index is 13.1. The predicted octanol–water partition coefficient (Wildman–Crippen LogP) is 8.02. The molecule has 1 atom stereocenters. The van der Waals surface area contributed by atoms with E-state index in [4.69, 9.17) is 32.5 Å². The van der Waals surface area contributed by atoms with Crippen LogP contribution in [0.2, 0.25) is 10.0 Å². The molecule has 6 nitrogen and oxygen atoms in total. The molecule has 0 saturated carbocycles. The first-order valence-electron chi connectivity index (χ1n) is 12.2. The summed E-state index contributed by atoms with van der Waals surface area (Å²) in [7, 11) is -1.52. The quantitative estimate of drug-likeness (QED) is 0.165. The zero-order valence-electron chi connectivity index (χ0n) is 21.2. The molecule has 9 heteroatoms. The lowest BCUT2D eigenvalue weighted by molar-refractivity contribution is 0.111. The molecule has 5 rings (SSSR count). The molecule has 0 spiro atoms. The van der Waals surface area contributed by atoms with Gasteiger partial charge in [-0.3, -0.25) is 9.00 Å². The third-order valence-electron chi connectivity index (χ3n) is 6.24. The van der Waals surface area contributed by atoms with Gasteiger partial charge in [0.1, 0.15) is 29.5 Å². The molecule has 0 amide bonds. The van der Waals surface area contributed by atoms with Crippen LogP contribution in [0.1, 0.15) is 47.3 Å². The van der Waals surface area contributed by atoms with Crippen molar-refractivity contribution >= 4 is 51.2 Å². The average Bonchev–Trinajstić information content (AvgIpc) is 3.34. The van der Waals surface area contributed by atoms with Crippen LogP contribution in [0.25, 0.3) is 22.0 Å². The van der Waals surface area contributed by atoms with Crippen molar-refractivity contribution in [3.63, 3.8) is 0 Å². The second-order valence-electron chi connectivity index (χ2n) is 9.24. The summed E-state index contributed by atoms with van der Waals surface area (Å²) in [5, 5.41) is 5.85. The molecule has 0 aliphatic heterocycles. The van der Waals surface area contributed by atoms with E-state index in [1.807, 2.05) is 62.4 Å². The second-order valence-corrected chi connectivity index (χ2v) is 11.4. The van der Waals surface area contributed by atoms with Gasteiger partial charge in [-0.25, -0.2) is 4.98 Å². The maximum absolute atomic E-state index is 13.1. The number of ether oxygens (including phenoxy) is 1. The number of hydrogen-bond acceptors (Lipinski definition) is 6. The number of aromatic nitrogens is 2. The second kappa shape index (κ2) is 11.7. The van der Waals surface area contributed by atoms with E-state index in [9.17, 15) is 9.00 Å². The summed E-state index contributed by atoms with van der Waals surface area (Å²) in [4.78, 5) is 15.7. The molecule has 2 aromatic heterocycles. The fraction of sp³-hybridized carbons (Fsp3) is 0.167. The third-order valence-corrected chi connectivity index (χ3v) is 8.53. The van der Waals surface area contributed by atoms with E-state index in [2.05, 4.69) is 10.1 Å². The van der Waals surface area contributed by atoms with Gasteiger partial charge in [0.2, 0.25) is 0 Å². The topological polar surface area (TPSA) is 82.3 Å². The van der Waals surface area contributed by atoms with Crippen molar-refractivity contribution in [1.82, 2.24) is 10.1 Å². The number of rotatable bonds is 9. The molecule has 0 aliphatic rings. The zero-order valence-corrected chi connectivity index (χ0v) is 23.5. The third kappa shape index (κ3) is 5.91. The molecule has 0 bridgehead atoms. The van der Waals surface area contributed by atoms with Crippen molar-refractivity contribution in [1.29, 1.82) is 0 Å². The van der Waals surface area contributed by atoms with Gasteiger partial charge in [-0.1, -0.05) is 72.5 Å². The van der Waals surface area contributed by atoms with Crippen LogP contribution in [-0.4, -0.2) is 20.6 Å². The summed E-state index contributed by atoms with van der Waals surface area (Å²) in [5.74, 6) is 1.53. The van der Waals surface area contributed by atoms with Crippen LogP contribution in [0.3, 0.4) is 0 Å². The number of fused-ring (bicyclic) bond motifs is 1. The van der Waals surface area contributed by atoms with Crippen molar-refractivity contribution in [3.05, 3.63) is 106 Å². The van der Waals surface area contributed by atoms with Gasteiger partial charge in [0.15, 0.2) is 6.29 Å². The van der Waals surface area contributed by atoms with Crippen LogP contribution < -0.4 is 4.74 Å². The summed E-state index contributed by atoms with van der Waals surface area (Å²) >= 11 is 12.5. The van der Waals surface area contributed by atoms with Crippen LogP contribution in [0.5, 0.6) is 5.75 Å². The molecule has 0 saturated heterocycles. The first kappa shape index (κ1) is 27.1. The monoisotopic (exact) mass is 578 g/mol. The lowest BCUT2D eigenvalue weighted by Gasteiger charge is -2.11. The number of halogens is 2. The lowest BCUT2D eigenvalue weighted by Crippen LogP contribution is -2.06. The fourth-order valence-corrected chi connectivity index (χ4v) is 6.36. The molecule has 39 heavy (non-hydrogen) atoms. The summed E-state index contributed by atoms with van der Waals surface area (Å²) in [5.41, 5.74) is 4.54. The first-order chi connectivity index (χ1) is 18.8. The van der Waals surface area contributed by atoms with Crippen molar-refractivity contribution in [2.24, 2.45) is 0 Å². The Bertz CT molecular complexity index is 1660. The molecule has 5 aromatic rings. The molecule has 198 valence electrons. The molecule has 1 unspecified atom stereocenters. The summed E-state index contributed by atoms with van der Waals surface area (Å²) in [6, 6.07) is 22.3. The van der Waals surface area contributed by atoms with Gasteiger partial charge in [0.25, 0.3) is 0 Å². The molecular weight excluding hydrogens is 555 g/mol. The summed E-state index contributed by atoms with van der Waals surface area (Å²) in [6.07, 6.45) is 0.743. The van der Waals surface area contributed by atoms with Gasteiger partial charge < -0.3 is 9.26 Å². The minimum absolute atomic E-state index is 0.0644. The van der Waals surface area contributed by atoms with Gasteiger partial charge in [-0.15, -0.1) is 0 Å².